The summed E-state index contributed by atoms with van der Waals surface area (Å²) in [6.45, 7) is 1.64. The molecule has 0 saturated heterocycles. The summed E-state index contributed by atoms with van der Waals surface area (Å²) in [6.07, 6.45) is 0. The van der Waals surface area contributed by atoms with Gasteiger partial charge >= 0.3 is 0 Å². The minimum Gasteiger partial charge on any atom is -0.508 e. The molecule has 0 aliphatic rings. The van der Waals surface area contributed by atoms with Crippen LogP contribution in [0.3, 0.4) is 0 Å². The number of hydrogen-bond acceptors (Lipinski definition) is 2. The Morgan fingerprint density at radius 3 is 2.50 bits per heavy atom. The van der Waals surface area contributed by atoms with Crippen molar-refractivity contribution in [3.8, 4) is 5.75 Å². The zero-order valence-corrected chi connectivity index (χ0v) is 10.4. The van der Waals surface area contributed by atoms with Crippen molar-refractivity contribution in [3.05, 3.63) is 58.9 Å². The lowest BCUT2D eigenvalue weighted by atomic mass is 10.1. The van der Waals surface area contributed by atoms with E-state index in [1.165, 1.54) is 18.2 Å². The normalized spacial score (nSPS) is 10.4. The van der Waals surface area contributed by atoms with Crippen LogP contribution in [-0.4, -0.2) is 11.0 Å². The SMILES string of the molecule is Cc1ccc(C(=O)Nc2cc(F)cc(F)c2F)cc1O. The highest BCUT2D eigenvalue weighted by Gasteiger charge is 2.15. The van der Waals surface area contributed by atoms with E-state index in [1.54, 1.807) is 6.92 Å². The van der Waals surface area contributed by atoms with Gasteiger partial charge in [0.25, 0.3) is 5.91 Å². The maximum Gasteiger partial charge on any atom is 0.255 e. The Bertz CT molecular complexity index is 686. The van der Waals surface area contributed by atoms with Crippen LogP contribution in [-0.2, 0) is 0 Å². The number of phenols is 1. The highest BCUT2D eigenvalue weighted by molar-refractivity contribution is 6.04. The number of rotatable bonds is 2. The van der Waals surface area contributed by atoms with Crippen LogP contribution in [0.1, 0.15) is 15.9 Å². The fourth-order valence-electron chi connectivity index (χ4n) is 1.59. The van der Waals surface area contributed by atoms with E-state index >= 15 is 0 Å². The first-order valence-electron chi connectivity index (χ1n) is 5.64. The summed E-state index contributed by atoms with van der Waals surface area (Å²) in [7, 11) is 0. The molecule has 2 N–H and O–H groups in total. The highest BCUT2D eigenvalue weighted by atomic mass is 19.2. The molecule has 0 saturated carbocycles. The van der Waals surface area contributed by atoms with Gasteiger partial charge in [0.1, 0.15) is 11.6 Å². The van der Waals surface area contributed by atoms with E-state index in [4.69, 9.17) is 0 Å². The molecule has 0 spiro atoms. The number of carbonyl (C=O) groups is 1. The van der Waals surface area contributed by atoms with Crippen molar-refractivity contribution in [2.24, 2.45) is 0 Å². The van der Waals surface area contributed by atoms with Crippen molar-refractivity contribution in [3.63, 3.8) is 0 Å². The Kier molecular flexibility index (Phi) is 3.65. The van der Waals surface area contributed by atoms with Crippen LogP contribution in [0.15, 0.2) is 30.3 Å². The van der Waals surface area contributed by atoms with Gasteiger partial charge in [-0.1, -0.05) is 6.07 Å². The lowest BCUT2D eigenvalue weighted by Gasteiger charge is -2.08. The average Bonchev–Trinajstić information content (AvgIpc) is 2.38. The summed E-state index contributed by atoms with van der Waals surface area (Å²) in [4.78, 5) is 11.8. The predicted molar refractivity (Wildman–Crippen MR) is 67.1 cm³/mol. The third-order valence-corrected chi connectivity index (χ3v) is 2.71. The van der Waals surface area contributed by atoms with Gasteiger partial charge in [-0.05, 0) is 24.6 Å². The van der Waals surface area contributed by atoms with Crippen molar-refractivity contribution in [1.29, 1.82) is 0 Å². The minimum atomic E-state index is -1.40. The Balaban J connectivity index is 2.30. The molecule has 2 rings (SSSR count). The van der Waals surface area contributed by atoms with E-state index in [2.05, 4.69) is 0 Å². The molecule has 104 valence electrons. The standard InChI is InChI=1S/C14H10F3NO2/c1-7-2-3-8(4-12(7)19)14(20)18-11-6-9(15)5-10(16)13(11)17/h2-6,19H,1H3,(H,18,20). The zero-order chi connectivity index (χ0) is 14.9. The number of anilines is 1. The number of phenolic OH excluding ortho intramolecular Hbond substituents is 1. The molecule has 0 bridgehead atoms. The van der Waals surface area contributed by atoms with Crippen LogP contribution in [0.4, 0.5) is 18.9 Å². The first-order chi connectivity index (χ1) is 9.38. The largest absolute Gasteiger partial charge is 0.508 e. The Morgan fingerprint density at radius 1 is 1.15 bits per heavy atom. The summed E-state index contributed by atoms with van der Waals surface area (Å²) in [5.74, 6) is -4.65. The summed E-state index contributed by atoms with van der Waals surface area (Å²) in [5, 5.41) is 11.5. The molecule has 6 heteroatoms. The zero-order valence-electron chi connectivity index (χ0n) is 10.4. The van der Waals surface area contributed by atoms with Gasteiger partial charge in [-0.3, -0.25) is 4.79 Å². The third kappa shape index (κ3) is 2.74. The van der Waals surface area contributed by atoms with Gasteiger partial charge in [0.05, 0.1) is 5.69 Å². The van der Waals surface area contributed by atoms with Crippen LogP contribution in [0, 0.1) is 24.4 Å². The minimum absolute atomic E-state index is 0.0390. The first kappa shape index (κ1) is 13.9. The van der Waals surface area contributed by atoms with E-state index < -0.39 is 29.0 Å². The molecule has 0 aliphatic heterocycles. The quantitative estimate of drug-likeness (QED) is 0.829. The fourth-order valence-corrected chi connectivity index (χ4v) is 1.59. The van der Waals surface area contributed by atoms with E-state index in [0.29, 0.717) is 17.7 Å². The molecule has 2 aromatic carbocycles. The van der Waals surface area contributed by atoms with Gasteiger partial charge < -0.3 is 10.4 Å². The topological polar surface area (TPSA) is 49.3 Å². The molecule has 0 atom stereocenters. The second kappa shape index (κ2) is 5.24. The van der Waals surface area contributed by atoms with E-state index in [9.17, 15) is 23.1 Å². The van der Waals surface area contributed by atoms with Gasteiger partial charge in [0.2, 0.25) is 0 Å². The van der Waals surface area contributed by atoms with Gasteiger partial charge in [0.15, 0.2) is 11.6 Å². The van der Waals surface area contributed by atoms with E-state index in [-0.39, 0.29) is 11.3 Å². The summed E-state index contributed by atoms with van der Waals surface area (Å²) in [5.41, 5.74) is -0.00531. The molecule has 20 heavy (non-hydrogen) atoms. The van der Waals surface area contributed by atoms with Crippen molar-refractivity contribution in [2.75, 3.05) is 5.32 Å². The van der Waals surface area contributed by atoms with Crippen molar-refractivity contribution in [1.82, 2.24) is 0 Å². The molecular formula is C14H10F3NO2. The number of benzene rings is 2. The second-order valence-electron chi connectivity index (χ2n) is 4.20. The number of carbonyl (C=O) groups excluding carboxylic acids is 1. The van der Waals surface area contributed by atoms with Crippen LogP contribution in [0.2, 0.25) is 0 Å². The van der Waals surface area contributed by atoms with Crippen molar-refractivity contribution < 1.29 is 23.1 Å². The first-order valence-corrected chi connectivity index (χ1v) is 5.64. The van der Waals surface area contributed by atoms with Crippen molar-refractivity contribution >= 4 is 11.6 Å². The maximum absolute atomic E-state index is 13.4. The van der Waals surface area contributed by atoms with Gasteiger partial charge in [0, 0.05) is 17.7 Å². The Labute approximate surface area is 112 Å². The van der Waals surface area contributed by atoms with Crippen LogP contribution >= 0.6 is 0 Å². The number of halogens is 3. The van der Waals surface area contributed by atoms with E-state index in [1.807, 2.05) is 5.32 Å². The highest BCUT2D eigenvalue weighted by Crippen LogP contribution is 2.22. The molecule has 2 aromatic rings. The number of amides is 1. The summed E-state index contributed by atoms with van der Waals surface area (Å²) < 4.78 is 39.4. The lowest BCUT2D eigenvalue weighted by Crippen LogP contribution is -2.13. The molecule has 0 radical (unpaired) electrons. The molecule has 3 nitrogen and oxygen atoms in total. The third-order valence-electron chi connectivity index (χ3n) is 2.71. The van der Waals surface area contributed by atoms with Gasteiger partial charge in [-0.15, -0.1) is 0 Å². The molecule has 1 amide bonds. The van der Waals surface area contributed by atoms with Crippen molar-refractivity contribution in [2.45, 2.75) is 6.92 Å². The summed E-state index contributed by atoms with van der Waals surface area (Å²) in [6, 6.07) is 5.12. The Hall–Kier alpha value is -2.50. The average molecular weight is 281 g/mol. The molecular weight excluding hydrogens is 271 g/mol. The molecule has 0 unspecified atom stereocenters. The smallest absolute Gasteiger partial charge is 0.255 e. The number of aromatic hydroxyl groups is 1. The predicted octanol–water partition coefficient (Wildman–Crippen LogP) is 3.37. The summed E-state index contributed by atoms with van der Waals surface area (Å²) >= 11 is 0. The van der Waals surface area contributed by atoms with Gasteiger partial charge in [-0.25, -0.2) is 13.2 Å². The second-order valence-corrected chi connectivity index (χ2v) is 4.20. The maximum atomic E-state index is 13.4. The monoisotopic (exact) mass is 281 g/mol. The van der Waals surface area contributed by atoms with E-state index in [0.717, 1.165) is 0 Å². The molecule has 0 heterocycles. The number of nitrogens with one attached hydrogen (secondary N) is 1. The van der Waals surface area contributed by atoms with Gasteiger partial charge in [-0.2, -0.15) is 0 Å². The molecule has 0 aliphatic carbocycles. The lowest BCUT2D eigenvalue weighted by molar-refractivity contribution is 0.102. The van der Waals surface area contributed by atoms with Crippen LogP contribution < -0.4 is 5.32 Å². The number of aryl methyl sites for hydroxylation is 1. The number of hydrogen-bond donors (Lipinski definition) is 2. The fraction of sp³-hybridized carbons (Fsp3) is 0.0714. The molecule has 0 aromatic heterocycles. The molecule has 0 fully saturated rings. The van der Waals surface area contributed by atoms with Crippen LogP contribution in [0.5, 0.6) is 5.75 Å². The van der Waals surface area contributed by atoms with Crippen LogP contribution in [0.25, 0.3) is 0 Å². The Morgan fingerprint density at radius 2 is 1.85 bits per heavy atom.